The van der Waals surface area contributed by atoms with E-state index in [1.807, 2.05) is 0 Å². The Kier molecular flexibility index (Phi) is 49.3. The average Bonchev–Trinajstić information content (AvgIpc) is 3.17. The first-order chi connectivity index (χ1) is 26.3. The molecule has 0 radical (unpaired) electrons. The van der Waals surface area contributed by atoms with Gasteiger partial charge in [-0.2, -0.15) is 0 Å². The molecular weight excluding hydrogens is 643 g/mol. The Morgan fingerprint density at radius 3 is 0.566 bits per heavy atom. The van der Waals surface area contributed by atoms with Crippen LogP contribution in [-0.2, 0) is 4.79 Å². The number of carbonyl (C=O) groups excluding carboxylic acids is 1. The van der Waals surface area contributed by atoms with E-state index in [4.69, 9.17) is 5.73 Å². The Labute approximate surface area is 336 Å². The molecule has 0 spiro atoms. The van der Waals surface area contributed by atoms with Gasteiger partial charge in [-0.15, -0.1) is 0 Å². The molecule has 2 heteroatoms. The minimum absolute atomic E-state index is 0.414. The number of carbonyl (C=O) groups is 1. The van der Waals surface area contributed by atoms with Gasteiger partial charge in [0, 0.05) is 12.8 Å². The Morgan fingerprint density at radius 2 is 0.396 bits per heavy atom. The van der Waals surface area contributed by atoms with E-state index in [-0.39, 0.29) is 0 Å². The number of hydrogen-bond donors (Lipinski definition) is 1. The van der Waals surface area contributed by atoms with E-state index in [0.29, 0.717) is 18.7 Å². The van der Waals surface area contributed by atoms with E-state index in [1.165, 1.54) is 283 Å². The molecule has 0 saturated carbocycles. The van der Waals surface area contributed by atoms with Crippen LogP contribution in [0.4, 0.5) is 0 Å². The first-order valence-electron chi connectivity index (χ1n) is 25.5. The van der Waals surface area contributed by atoms with Crippen LogP contribution in [0.3, 0.4) is 0 Å². The molecule has 0 aromatic heterocycles. The van der Waals surface area contributed by atoms with Crippen LogP contribution in [0.15, 0.2) is 0 Å². The molecule has 0 bridgehead atoms. The molecule has 0 aromatic carbocycles. The molecule has 0 atom stereocenters. The molecule has 0 aliphatic heterocycles. The zero-order valence-corrected chi connectivity index (χ0v) is 37.1. The summed E-state index contributed by atoms with van der Waals surface area (Å²) in [7, 11) is 0. The van der Waals surface area contributed by atoms with Crippen molar-refractivity contribution in [3.05, 3.63) is 0 Å². The van der Waals surface area contributed by atoms with E-state index in [1.54, 1.807) is 0 Å². The van der Waals surface area contributed by atoms with Gasteiger partial charge in [0.25, 0.3) is 0 Å². The van der Waals surface area contributed by atoms with E-state index < -0.39 is 0 Å². The van der Waals surface area contributed by atoms with Gasteiger partial charge in [-0.05, 0) is 19.4 Å². The summed E-state index contributed by atoms with van der Waals surface area (Å²) in [6.07, 6.45) is 67.7. The lowest BCUT2D eigenvalue weighted by Gasteiger charge is -2.05. The van der Waals surface area contributed by atoms with Gasteiger partial charge in [-0.1, -0.05) is 289 Å². The molecule has 2 N–H and O–H groups in total. The average molecular weight is 746 g/mol. The molecule has 0 fully saturated rings. The highest BCUT2D eigenvalue weighted by Gasteiger charge is 2.02. The molecule has 0 rings (SSSR count). The Balaban J connectivity index is 3.07. The summed E-state index contributed by atoms with van der Waals surface area (Å²) in [5.74, 6) is 0.414. The normalized spacial score (nSPS) is 11.6. The zero-order valence-electron chi connectivity index (χ0n) is 37.1. The molecule has 0 aromatic rings. The van der Waals surface area contributed by atoms with Crippen molar-refractivity contribution in [2.24, 2.45) is 5.73 Å². The monoisotopic (exact) mass is 746 g/mol. The first kappa shape index (κ1) is 52.6. The summed E-state index contributed by atoms with van der Waals surface area (Å²) in [4.78, 5) is 11.7. The van der Waals surface area contributed by atoms with Crippen LogP contribution in [0.1, 0.15) is 315 Å². The highest BCUT2D eigenvalue weighted by atomic mass is 16.1. The number of rotatable bonds is 49. The van der Waals surface area contributed by atoms with E-state index in [0.717, 1.165) is 19.3 Å². The molecular formula is C51H103NO. The highest BCUT2D eigenvalue weighted by molar-refractivity contribution is 5.78. The lowest BCUT2D eigenvalue weighted by atomic mass is 10.0. The van der Waals surface area contributed by atoms with Crippen LogP contribution in [-0.4, -0.2) is 12.3 Å². The summed E-state index contributed by atoms with van der Waals surface area (Å²) in [5.41, 5.74) is 5.47. The third-order valence-electron chi connectivity index (χ3n) is 12.2. The van der Waals surface area contributed by atoms with Crippen LogP contribution >= 0.6 is 0 Å². The van der Waals surface area contributed by atoms with Crippen LogP contribution < -0.4 is 5.73 Å². The number of hydrogen-bond acceptors (Lipinski definition) is 2. The molecule has 0 amide bonds. The summed E-state index contributed by atoms with van der Waals surface area (Å²) >= 11 is 0. The van der Waals surface area contributed by atoms with Gasteiger partial charge < -0.3 is 5.73 Å². The summed E-state index contributed by atoms with van der Waals surface area (Å²) in [5, 5.41) is 0. The Hall–Kier alpha value is -0.370. The molecule has 0 aliphatic rings. The number of ketones is 1. The topological polar surface area (TPSA) is 43.1 Å². The quantitative estimate of drug-likeness (QED) is 0.0630. The lowest BCUT2D eigenvalue weighted by Crippen LogP contribution is -2.04. The van der Waals surface area contributed by atoms with Gasteiger partial charge in [-0.3, -0.25) is 4.79 Å². The van der Waals surface area contributed by atoms with Crippen molar-refractivity contribution in [2.45, 2.75) is 315 Å². The standard InChI is InChI=1S/C51H103NO/c1-2-3-4-5-6-7-8-9-10-11-12-13-14-15-16-17-18-19-20-21-22-23-24-25-26-27-28-29-30-31-32-33-34-35-36-37-38-39-40-41-42-43-44-45-46-48-51(53)49-47-50-52/h2-50,52H2,1H3. The van der Waals surface area contributed by atoms with Crippen molar-refractivity contribution in [1.29, 1.82) is 0 Å². The summed E-state index contributed by atoms with van der Waals surface area (Å²) < 4.78 is 0. The maximum absolute atomic E-state index is 11.7. The number of nitrogens with two attached hydrogens (primary N) is 1. The fourth-order valence-corrected chi connectivity index (χ4v) is 8.42. The minimum Gasteiger partial charge on any atom is -0.330 e. The van der Waals surface area contributed by atoms with Crippen molar-refractivity contribution < 1.29 is 4.79 Å². The van der Waals surface area contributed by atoms with Crippen LogP contribution in [0.2, 0.25) is 0 Å². The zero-order chi connectivity index (χ0) is 38.2. The third-order valence-corrected chi connectivity index (χ3v) is 12.2. The Bertz CT molecular complexity index is 646. The smallest absolute Gasteiger partial charge is 0.132 e. The predicted octanol–water partition coefficient (Wildman–Crippen LogP) is 18.3. The first-order valence-corrected chi connectivity index (χ1v) is 25.5. The fraction of sp³-hybridized carbons (Fsp3) is 0.980. The van der Waals surface area contributed by atoms with E-state index in [2.05, 4.69) is 6.92 Å². The SMILES string of the molecule is CCCCCCCCCCCCCCCCCCCCCCCCCCCCCCCCCCCCCCCCCCCCCCCC(=O)CCCN. The minimum atomic E-state index is 0.414. The molecule has 0 saturated heterocycles. The molecule has 0 aliphatic carbocycles. The second kappa shape index (κ2) is 49.6. The summed E-state index contributed by atoms with van der Waals surface area (Å²) in [6, 6.07) is 0. The molecule has 2 nitrogen and oxygen atoms in total. The largest absolute Gasteiger partial charge is 0.330 e. The van der Waals surface area contributed by atoms with Gasteiger partial charge in [0.05, 0.1) is 0 Å². The maximum atomic E-state index is 11.7. The van der Waals surface area contributed by atoms with Crippen molar-refractivity contribution in [3.63, 3.8) is 0 Å². The number of Topliss-reactive ketones (excluding diaryl/α,β-unsaturated/α-hetero) is 1. The second-order valence-electron chi connectivity index (χ2n) is 17.7. The van der Waals surface area contributed by atoms with Gasteiger partial charge in [0.1, 0.15) is 5.78 Å². The molecule has 318 valence electrons. The molecule has 0 heterocycles. The third kappa shape index (κ3) is 49.6. The summed E-state index contributed by atoms with van der Waals surface area (Å²) in [6.45, 7) is 2.95. The lowest BCUT2D eigenvalue weighted by molar-refractivity contribution is -0.119. The highest BCUT2D eigenvalue weighted by Crippen LogP contribution is 2.18. The van der Waals surface area contributed by atoms with Gasteiger partial charge >= 0.3 is 0 Å². The van der Waals surface area contributed by atoms with Crippen molar-refractivity contribution >= 4 is 5.78 Å². The number of unbranched alkanes of at least 4 members (excludes halogenated alkanes) is 44. The van der Waals surface area contributed by atoms with Crippen LogP contribution in [0.25, 0.3) is 0 Å². The molecule has 0 unspecified atom stereocenters. The molecule has 53 heavy (non-hydrogen) atoms. The van der Waals surface area contributed by atoms with Crippen molar-refractivity contribution in [2.75, 3.05) is 6.54 Å². The van der Waals surface area contributed by atoms with E-state index >= 15 is 0 Å². The van der Waals surface area contributed by atoms with Gasteiger partial charge in [-0.25, -0.2) is 0 Å². The maximum Gasteiger partial charge on any atom is 0.132 e. The van der Waals surface area contributed by atoms with Crippen LogP contribution in [0, 0.1) is 0 Å². The van der Waals surface area contributed by atoms with Gasteiger partial charge in [0.15, 0.2) is 0 Å². The van der Waals surface area contributed by atoms with Crippen molar-refractivity contribution in [3.8, 4) is 0 Å². The van der Waals surface area contributed by atoms with Crippen LogP contribution in [0.5, 0.6) is 0 Å². The van der Waals surface area contributed by atoms with Gasteiger partial charge in [0.2, 0.25) is 0 Å². The fourth-order valence-electron chi connectivity index (χ4n) is 8.42. The predicted molar refractivity (Wildman–Crippen MR) is 241 cm³/mol. The second-order valence-corrected chi connectivity index (χ2v) is 17.7. The van der Waals surface area contributed by atoms with E-state index in [9.17, 15) is 4.79 Å². The Morgan fingerprint density at radius 1 is 0.245 bits per heavy atom. The van der Waals surface area contributed by atoms with Crippen molar-refractivity contribution in [1.82, 2.24) is 0 Å².